The molecule has 0 aromatic heterocycles. The molecule has 0 atom stereocenters. The van der Waals surface area contributed by atoms with Crippen molar-refractivity contribution in [1.29, 1.82) is 0 Å². The van der Waals surface area contributed by atoms with Crippen LogP contribution in [0.15, 0.2) is 0 Å². The lowest BCUT2D eigenvalue weighted by Crippen LogP contribution is -2.45. The molecule has 0 saturated heterocycles. The molecule has 0 spiro atoms. The first kappa shape index (κ1) is 17.0. The van der Waals surface area contributed by atoms with Gasteiger partial charge in [-0.15, -0.1) is 0 Å². The highest BCUT2D eigenvalue weighted by molar-refractivity contribution is 4.94. The normalized spacial score (nSPS) is 16.3. The van der Waals surface area contributed by atoms with Crippen LogP contribution in [0.1, 0.15) is 97.8 Å². The third-order valence-corrected chi connectivity index (χ3v) is 5.08. The van der Waals surface area contributed by atoms with Gasteiger partial charge in [0.25, 0.3) is 0 Å². The Kier molecular flexibility index (Phi) is 8.06. The van der Waals surface area contributed by atoms with E-state index in [0.29, 0.717) is 5.54 Å². The van der Waals surface area contributed by atoms with Crippen LogP contribution in [0, 0.1) is 0 Å². The monoisotopic (exact) mass is 267 g/mol. The molecule has 1 saturated carbocycles. The lowest BCUT2D eigenvalue weighted by atomic mass is 9.86. The summed E-state index contributed by atoms with van der Waals surface area (Å²) in [6.07, 6.45) is 16.9. The third kappa shape index (κ3) is 6.29. The molecule has 0 bridgehead atoms. The van der Waals surface area contributed by atoms with E-state index in [1.165, 1.54) is 77.0 Å². The largest absolute Gasteiger partial charge is 0.298 e. The molecule has 1 aliphatic rings. The van der Waals surface area contributed by atoms with E-state index in [0.717, 1.165) is 6.04 Å². The Morgan fingerprint density at radius 1 is 0.842 bits per heavy atom. The maximum atomic E-state index is 2.73. The van der Waals surface area contributed by atoms with Crippen LogP contribution in [-0.4, -0.2) is 23.5 Å². The maximum absolute atomic E-state index is 2.73. The van der Waals surface area contributed by atoms with E-state index in [-0.39, 0.29) is 0 Å². The summed E-state index contributed by atoms with van der Waals surface area (Å²) in [5, 5.41) is 0. The summed E-state index contributed by atoms with van der Waals surface area (Å²) >= 11 is 0. The van der Waals surface area contributed by atoms with Crippen LogP contribution in [0.4, 0.5) is 0 Å². The first-order chi connectivity index (χ1) is 9.14. The van der Waals surface area contributed by atoms with Crippen LogP contribution in [0.3, 0.4) is 0 Å². The maximum Gasteiger partial charge on any atom is 0.0181 e. The van der Waals surface area contributed by atoms with Gasteiger partial charge in [-0.1, -0.05) is 65.2 Å². The van der Waals surface area contributed by atoms with Crippen molar-refractivity contribution in [2.75, 3.05) is 7.05 Å². The van der Waals surface area contributed by atoms with Crippen molar-refractivity contribution in [3.05, 3.63) is 0 Å². The second kappa shape index (κ2) is 9.00. The van der Waals surface area contributed by atoms with Crippen molar-refractivity contribution < 1.29 is 0 Å². The molecule has 1 heteroatoms. The Labute approximate surface area is 122 Å². The molecule has 0 heterocycles. The van der Waals surface area contributed by atoms with Crippen molar-refractivity contribution in [3.63, 3.8) is 0 Å². The molecule has 0 amide bonds. The summed E-state index contributed by atoms with van der Waals surface area (Å²) in [7, 11) is 2.39. The topological polar surface area (TPSA) is 3.24 Å². The van der Waals surface area contributed by atoms with E-state index in [1.54, 1.807) is 0 Å². The zero-order valence-electron chi connectivity index (χ0n) is 14.0. The molecular weight excluding hydrogens is 230 g/mol. The summed E-state index contributed by atoms with van der Waals surface area (Å²) in [5.41, 5.74) is 0.475. The molecular formula is C18H37N. The van der Waals surface area contributed by atoms with Gasteiger partial charge in [0.2, 0.25) is 0 Å². The van der Waals surface area contributed by atoms with Crippen LogP contribution < -0.4 is 0 Å². The standard InChI is InChI=1S/C18H37N/c1-5-7-9-11-15-18(3,16-12-10-8-6-2)19(4)17-13-14-17/h17H,5-16H2,1-4H3. The Balaban J connectivity index is 2.36. The molecule has 0 N–H and O–H groups in total. The van der Waals surface area contributed by atoms with Gasteiger partial charge in [-0.3, -0.25) is 4.90 Å². The van der Waals surface area contributed by atoms with Crippen LogP contribution in [0.25, 0.3) is 0 Å². The van der Waals surface area contributed by atoms with Gasteiger partial charge >= 0.3 is 0 Å². The van der Waals surface area contributed by atoms with Crippen LogP contribution in [-0.2, 0) is 0 Å². The van der Waals surface area contributed by atoms with Crippen LogP contribution in [0.5, 0.6) is 0 Å². The number of nitrogens with zero attached hydrogens (tertiary/aromatic N) is 1. The molecule has 19 heavy (non-hydrogen) atoms. The molecule has 0 aromatic carbocycles. The number of unbranched alkanes of at least 4 members (excludes halogenated alkanes) is 6. The van der Waals surface area contributed by atoms with E-state index in [1.807, 2.05) is 0 Å². The molecule has 0 aromatic rings. The molecule has 114 valence electrons. The fraction of sp³-hybridized carbons (Fsp3) is 1.00. The molecule has 1 aliphatic carbocycles. The van der Waals surface area contributed by atoms with Crippen molar-refractivity contribution in [2.45, 2.75) is 109 Å². The van der Waals surface area contributed by atoms with Crippen molar-refractivity contribution in [1.82, 2.24) is 4.90 Å². The zero-order chi connectivity index (χ0) is 14.1. The first-order valence-corrected chi connectivity index (χ1v) is 8.87. The minimum Gasteiger partial charge on any atom is -0.298 e. The van der Waals surface area contributed by atoms with E-state index in [4.69, 9.17) is 0 Å². The van der Waals surface area contributed by atoms with E-state index < -0.39 is 0 Å². The lowest BCUT2D eigenvalue weighted by Gasteiger charge is -2.40. The average Bonchev–Trinajstić information content (AvgIpc) is 3.23. The van der Waals surface area contributed by atoms with Crippen LogP contribution in [0.2, 0.25) is 0 Å². The summed E-state index contributed by atoms with van der Waals surface area (Å²) in [5.74, 6) is 0. The first-order valence-electron chi connectivity index (χ1n) is 8.87. The summed E-state index contributed by atoms with van der Waals surface area (Å²) in [6.45, 7) is 7.14. The highest BCUT2D eigenvalue weighted by atomic mass is 15.2. The Morgan fingerprint density at radius 3 is 1.68 bits per heavy atom. The van der Waals surface area contributed by atoms with Crippen LogP contribution >= 0.6 is 0 Å². The van der Waals surface area contributed by atoms with E-state index in [9.17, 15) is 0 Å². The minimum atomic E-state index is 0.475. The third-order valence-electron chi connectivity index (χ3n) is 5.08. The van der Waals surface area contributed by atoms with Gasteiger partial charge in [0.15, 0.2) is 0 Å². The van der Waals surface area contributed by atoms with Gasteiger partial charge in [-0.05, 0) is 39.7 Å². The highest BCUT2D eigenvalue weighted by Crippen LogP contribution is 2.36. The summed E-state index contributed by atoms with van der Waals surface area (Å²) in [6, 6.07) is 0.905. The smallest absolute Gasteiger partial charge is 0.0181 e. The quantitative estimate of drug-likeness (QED) is 0.405. The molecule has 0 unspecified atom stereocenters. The van der Waals surface area contributed by atoms with Gasteiger partial charge < -0.3 is 0 Å². The van der Waals surface area contributed by atoms with Gasteiger partial charge in [0.1, 0.15) is 0 Å². The SMILES string of the molecule is CCCCCCC(C)(CCCCCC)N(C)C1CC1. The number of hydrogen-bond acceptors (Lipinski definition) is 1. The fourth-order valence-electron chi connectivity index (χ4n) is 3.25. The summed E-state index contributed by atoms with van der Waals surface area (Å²) < 4.78 is 0. The van der Waals surface area contributed by atoms with Gasteiger partial charge in [0.05, 0.1) is 0 Å². The molecule has 1 nitrogen and oxygen atoms in total. The van der Waals surface area contributed by atoms with Crippen molar-refractivity contribution in [2.24, 2.45) is 0 Å². The Morgan fingerprint density at radius 2 is 1.32 bits per heavy atom. The molecule has 0 radical (unpaired) electrons. The minimum absolute atomic E-state index is 0.475. The molecule has 1 rings (SSSR count). The Hall–Kier alpha value is -0.0400. The second-order valence-electron chi connectivity index (χ2n) is 6.96. The van der Waals surface area contributed by atoms with E-state index >= 15 is 0 Å². The molecule has 1 fully saturated rings. The number of hydrogen-bond donors (Lipinski definition) is 0. The second-order valence-corrected chi connectivity index (χ2v) is 6.96. The van der Waals surface area contributed by atoms with Crippen molar-refractivity contribution in [3.8, 4) is 0 Å². The summed E-state index contributed by atoms with van der Waals surface area (Å²) in [4.78, 5) is 2.73. The van der Waals surface area contributed by atoms with Gasteiger partial charge in [-0.2, -0.15) is 0 Å². The van der Waals surface area contributed by atoms with Gasteiger partial charge in [0, 0.05) is 11.6 Å². The fourth-order valence-corrected chi connectivity index (χ4v) is 3.25. The highest BCUT2D eigenvalue weighted by Gasteiger charge is 2.37. The molecule has 0 aliphatic heterocycles. The zero-order valence-corrected chi connectivity index (χ0v) is 14.0. The lowest BCUT2D eigenvalue weighted by molar-refractivity contribution is 0.101. The number of rotatable bonds is 12. The van der Waals surface area contributed by atoms with Gasteiger partial charge in [-0.25, -0.2) is 0 Å². The predicted molar refractivity (Wildman–Crippen MR) is 86.7 cm³/mol. The average molecular weight is 268 g/mol. The Bertz CT molecular complexity index is 208. The van der Waals surface area contributed by atoms with E-state index in [2.05, 4.69) is 32.7 Å². The predicted octanol–water partition coefficient (Wildman–Crippen LogP) is 5.78. The van der Waals surface area contributed by atoms with Crippen molar-refractivity contribution >= 4 is 0 Å².